The van der Waals surface area contributed by atoms with Crippen LogP contribution in [0.5, 0.6) is 5.75 Å². The third kappa shape index (κ3) is 5.97. The van der Waals surface area contributed by atoms with Crippen LogP contribution < -0.4 is 4.74 Å². The molecule has 0 saturated heterocycles. The third-order valence-electron chi connectivity index (χ3n) is 9.14. The number of ether oxygens (including phenoxy) is 2. The fraction of sp³-hybridized carbons (Fsp3) is 0.324. The molecule has 0 radical (unpaired) electrons. The maximum Gasteiger partial charge on any atom is 0.246 e. The molecule has 5 aromatic rings. The normalized spacial score (nSPS) is 14.8. The molecule has 0 aliphatic carbocycles. The summed E-state index contributed by atoms with van der Waals surface area (Å²) in [5.74, 6) is -0.0693. The number of carbonyl (C=O) groups excluding carboxylic acids is 1. The van der Waals surface area contributed by atoms with Gasteiger partial charge in [-0.3, -0.25) is 14.4 Å². The fourth-order valence-corrected chi connectivity index (χ4v) is 7.56. The van der Waals surface area contributed by atoms with Gasteiger partial charge < -0.3 is 14.4 Å². The zero-order chi connectivity index (χ0) is 32.7. The van der Waals surface area contributed by atoms with Gasteiger partial charge in [0.1, 0.15) is 29.6 Å². The maximum absolute atomic E-state index is 14.6. The van der Waals surface area contributed by atoms with Crippen molar-refractivity contribution in [3.8, 4) is 39.5 Å². The highest BCUT2D eigenvalue weighted by atomic mass is 32.1. The largest absolute Gasteiger partial charge is 0.490 e. The number of rotatable bonds is 9. The first-order chi connectivity index (χ1) is 22.8. The third-order valence-corrected chi connectivity index (χ3v) is 10.1. The minimum Gasteiger partial charge on any atom is -0.490 e. The smallest absolute Gasteiger partial charge is 0.246 e. The fourth-order valence-electron chi connectivity index (χ4n) is 6.60. The molecule has 47 heavy (non-hydrogen) atoms. The van der Waals surface area contributed by atoms with Gasteiger partial charge >= 0.3 is 0 Å². The second-order valence-electron chi connectivity index (χ2n) is 12.3. The van der Waals surface area contributed by atoms with Gasteiger partial charge in [0.05, 0.1) is 31.1 Å². The Bertz CT molecular complexity index is 1980. The summed E-state index contributed by atoms with van der Waals surface area (Å²) < 4.78 is 28.9. The van der Waals surface area contributed by atoms with Crippen LogP contribution in [0, 0.1) is 5.82 Å². The Balaban J connectivity index is 1.41. The zero-order valence-corrected chi connectivity index (χ0v) is 27.8. The van der Waals surface area contributed by atoms with Crippen LogP contribution >= 0.6 is 11.3 Å². The molecule has 0 spiro atoms. The number of methoxy groups -OCH3 is 1. The van der Waals surface area contributed by atoms with Gasteiger partial charge in [-0.1, -0.05) is 18.7 Å². The summed E-state index contributed by atoms with van der Waals surface area (Å²) in [6.45, 7) is 12.3. The first kappa shape index (κ1) is 31.2. The lowest BCUT2D eigenvalue weighted by atomic mass is 9.93. The van der Waals surface area contributed by atoms with E-state index in [0.717, 1.165) is 57.7 Å². The lowest BCUT2D eigenvalue weighted by Gasteiger charge is -2.32. The van der Waals surface area contributed by atoms with Gasteiger partial charge in [-0.15, -0.1) is 11.3 Å². The molecule has 7 rings (SSSR count). The molecule has 10 heteroatoms. The Morgan fingerprint density at radius 1 is 1.04 bits per heavy atom. The highest BCUT2D eigenvalue weighted by Crippen LogP contribution is 2.46. The van der Waals surface area contributed by atoms with E-state index in [1.165, 1.54) is 29.3 Å². The Kier molecular flexibility index (Phi) is 8.65. The Labute approximate surface area is 278 Å². The number of nitrogens with zero attached hydrogens (tertiary/aromatic N) is 5. The van der Waals surface area contributed by atoms with Crippen molar-refractivity contribution in [1.29, 1.82) is 0 Å². The van der Waals surface area contributed by atoms with Crippen molar-refractivity contribution < 1.29 is 18.7 Å². The number of thiophene rings is 1. The SMILES string of the molecule is C=CC(=O)N1CCn2nc(-c3nc(-c4ccc5c(c4)CCN(C(C)C)C5)c4ccsc4c3-c3ccc(F)cc3OCCOC)cc2C1. The number of amides is 1. The lowest BCUT2D eigenvalue weighted by Crippen LogP contribution is -2.37. The van der Waals surface area contributed by atoms with Crippen molar-refractivity contribution in [1.82, 2.24) is 24.6 Å². The molecule has 2 aromatic carbocycles. The van der Waals surface area contributed by atoms with Gasteiger partial charge in [0.15, 0.2) is 0 Å². The van der Waals surface area contributed by atoms with Crippen molar-refractivity contribution in [3.63, 3.8) is 0 Å². The van der Waals surface area contributed by atoms with E-state index in [1.54, 1.807) is 29.4 Å². The summed E-state index contributed by atoms with van der Waals surface area (Å²) in [5.41, 5.74) is 8.52. The van der Waals surface area contributed by atoms with Crippen LogP contribution in [0.3, 0.4) is 0 Å². The van der Waals surface area contributed by atoms with Crippen LogP contribution in [-0.4, -0.2) is 69.9 Å². The second kappa shape index (κ2) is 13.0. The quantitative estimate of drug-likeness (QED) is 0.127. The average molecular weight is 652 g/mol. The molecule has 3 aromatic heterocycles. The predicted octanol–water partition coefficient (Wildman–Crippen LogP) is 6.95. The number of carbonyl (C=O) groups is 1. The lowest BCUT2D eigenvalue weighted by molar-refractivity contribution is -0.127. The maximum atomic E-state index is 14.6. The summed E-state index contributed by atoms with van der Waals surface area (Å²) in [6.07, 6.45) is 2.34. The summed E-state index contributed by atoms with van der Waals surface area (Å²) in [5, 5.41) is 8.12. The average Bonchev–Trinajstić information content (AvgIpc) is 3.75. The zero-order valence-electron chi connectivity index (χ0n) is 27.0. The molecule has 0 fully saturated rings. The molecule has 0 unspecified atom stereocenters. The molecule has 0 atom stereocenters. The van der Waals surface area contributed by atoms with E-state index in [9.17, 15) is 9.18 Å². The summed E-state index contributed by atoms with van der Waals surface area (Å²) >= 11 is 1.62. The first-order valence-electron chi connectivity index (χ1n) is 16.0. The number of hydrogen-bond acceptors (Lipinski definition) is 7. The van der Waals surface area contributed by atoms with Crippen molar-refractivity contribution >= 4 is 27.3 Å². The van der Waals surface area contributed by atoms with E-state index in [-0.39, 0.29) is 18.3 Å². The topological polar surface area (TPSA) is 72.7 Å². The first-order valence-corrected chi connectivity index (χ1v) is 16.9. The van der Waals surface area contributed by atoms with Gasteiger partial charge in [0, 0.05) is 65.6 Å². The second-order valence-corrected chi connectivity index (χ2v) is 13.3. The van der Waals surface area contributed by atoms with Crippen molar-refractivity contribution in [2.45, 2.75) is 45.9 Å². The molecule has 8 nitrogen and oxygen atoms in total. The molecule has 242 valence electrons. The minimum atomic E-state index is -0.385. The number of benzene rings is 2. The Hall–Kier alpha value is -4.38. The number of pyridine rings is 1. The standard InChI is InChI=1S/C37H38FN5O3S/c1-5-33(44)42-13-14-43-28(22-42)20-31(40-43)36-34(29-9-8-27(38)19-32(29)46-16-15-45-4)37-30(11-17-47-37)35(39-36)25-6-7-26-21-41(23(2)3)12-10-24(26)18-25/h5-9,11,17-20,23H,1,10,12-16,21-22H2,2-4H3. The number of fused-ring (bicyclic) bond motifs is 3. The van der Waals surface area contributed by atoms with E-state index in [4.69, 9.17) is 19.6 Å². The minimum absolute atomic E-state index is 0.104. The summed E-state index contributed by atoms with van der Waals surface area (Å²) in [4.78, 5) is 22.1. The van der Waals surface area contributed by atoms with Gasteiger partial charge in [0.25, 0.3) is 0 Å². The van der Waals surface area contributed by atoms with Crippen LogP contribution in [0.4, 0.5) is 4.39 Å². The van der Waals surface area contributed by atoms with Gasteiger partial charge in [-0.05, 0) is 73.2 Å². The van der Waals surface area contributed by atoms with Gasteiger partial charge in [-0.25, -0.2) is 9.37 Å². The van der Waals surface area contributed by atoms with E-state index < -0.39 is 0 Å². The van der Waals surface area contributed by atoms with Crippen LogP contribution in [0.1, 0.15) is 30.7 Å². The Morgan fingerprint density at radius 2 is 1.91 bits per heavy atom. The molecular formula is C37H38FN5O3S. The number of aromatic nitrogens is 3. The van der Waals surface area contributed by atoms with Crippen LogP contribution in [0.2, 0.25) is 0 Å². The highest BCUT2D eigenvalue weighted by Gasteiger charge is 2.27. The summed E-state index contributed by atoms with van der Waals surface area (Å²) in [6, 6.07) is 16.0. The molecular weight excluding hydrogens is 614 g/mol. The number of hydrogen-bond donors (Lipinski definition) is 0. The molecule has 2 aliphatic rings. The van der Waals surface area contributed by atoms with E-state index in [2.05, 4.69) is 55.0 Å². The van der Waals surface area contributed by atoms with Crippen molar-refractivity contribution in [2.24, 2.45) is 0 Å². The van der Waals surface area contributed by atoms with Crippen LogP contribution in [0.15, 0.2) is 66.6 Å². The number of halogens is 1. The van der Waals surface area contributed by atoms with Crippen LogP contribution in [-0.2, 0) is 35.6 Å². The molecule has 0 N–H and O–H groups in total. The molecule has 2 aliphatic heterocycles. The molecule has 5 heterocycles. The van der Waals surface area contributed by atoms with E-state index in [1.807, 2.05) is 10.7 Å². The van der Waals surface area contributed by atoms with E-state index in [0.29, 0.717) is 49.4 Å². The van der Waals surface area contributed by atoms with E-state index >= 15 is 0 Å². The highest BCUT2D eigenvalue weighted by molar-refractivity contribution is 7.18. The predicted molar refractivity (Wildman–Crippen MR) is 184 cm³/mol. The van der Waals surface area contributed by atoms with Gasteiger partial charge in [0.2, 0.25) is 5.91 Å². The molecule has 0 bridgehead atoms. The van der Waals surface area contributed by atoms with Crippen molar-refractivity contribution in [3.05, 3.63) is 89.2 Å². The Morgan fingerprint density at radius 3 is 2.72 bits per heavy atom. The molecule has 0 saturated carbocycles. The monoisotopic (exact) mass is 651 g/mol. The van der Waals surface area contributed by atoms with Gasteiger partial charge in [-0.2, -0.15) is 5.10 Å². The van der Waals surface area contributed by atoms with Crippen LogP contribution in [0.25, 0.3) is 43.9 Å². The summed E-state index contributed by atoms with van der Waals surface area (Å²) in [7, 11) is 1.61. The van der Waals surface area contributed by atoms with Crippen molar-refractivity contribution in [2.75, 3.05) is 33.4 Å². The molecule has 1 amide bonds.